The molecule has 22 heavy (non-hydrogen) atoms. The lowest BCUT2D eigenvalue weighted by Gasteiger charge is -2.30. The maximum atomic E-state index is 11.7. The first-order valence-electron chi connectivity index (χ1n) is 8.24. The summed E-state index contributed by atoms with van der Waals surface area (Å²) in [5.74, 6) is 1.32. The molecule has 0 bridgehead atoms. The van der Waals surface area contributed by atoms with Crippen molar-refractivity contribution in [1.82, 2.24) is 10.2 Å². The fraction of sp³-hybridized carbons (Fsp3) is 0.938. The lowest BCUT2D eigenvalue weighted by molar-refractivity contribution is -0.122. The Hall–Kier alpha value is -0.0300. The van der Waals surface area contributed by atoms with Crippen molar-refractivity contribution < 1.29 is 4.79 Å². The van der Waals surface area contributed by atoms with E-state index < -0.39 is 0 Å². The van der Waals surface area contributed by atoms with Gasteiger partial charge >= 0.3 is 0 Å². The summed E-state index contributed by atoms with van der Waals surface area (Å²) in [6.07, 6.45) is 5.68. The number of rotatable bonds is 8. The molecular formula is C16H35Cl2N3O. The quantitative estimate of drug-likeness (QED) is 0.658. The van der Waals surface area contributed by atoms with Gasteiger partial charge in [0.25, 0.3) is 0 Å². The molecule has 1 heterocycles. The van der Waals surface area contributed by atoms with Crippen molar-refractivity contribution in [2.24, 2.45) is 17.6 Å². The SMILES string of the molecule is CC(C)C[C@H](N)C(=O)NCCCCN1CCCC(C)C1.Cl.Cl. The number of nitrogens with zero attached hydrogens (tertiary/aromatic N) is 1. The van der Waals surface area contributed by atoms with Gasteiger partial charge in [0, 0.05) is 13.1 Å². The maximum Gasteiger partial charge on any atom is 0.236 e. The number of hydrogen-bond donors (Lipinski definition) is 2. The topological polar surface area (TPSA) is 58.4 Å². The Morgan fingerprint density at radius 2 is 2.00 bits per heavy atom. The zero-order valence-electron chi connectivity index (χ0n) is 14.3. The zero-order chi connectivity index (χ0) is 15.0. The smallest absolute Gasteiger partial charge is 0.236 e. The Morgan fingerprint density at radius 1 is 1.32 bits per heavy atom. The molecule has 0 aromatic heterocycles. The van der Waals surface area contributed by atoms with Gasteiger partial charge < -0.3 is 16.0 Å². The second kappa shape index (κ2) is 13.4. The summed E-state index contributed by atoms with van der Waals surface area (Å²) in [5.41, 5.74) is 5.84. The van der Waals surface area contributed by atoms with Crippen molar-refractivity contribution >= 4 is 30.7 Å². The third kappa shape index (κ3) is 10.7. The summed E-state index contributed by atoms with van der Waals surface area (Å²) >= 11 is 0. The van der Waals surface area contributed by atoms with Crippen LogP contribution in [0, 0.1) is 11.8 Å². The highest BCUT2D eigenvalue weighted by Gasteiger charge is 2.16. The zero-order valence-corrected chi connectivity index (χ0v) is 16.0. The van der Waals surface area contributed by atoms with Crippen molar-refractivity contribution in [3.63, 3.8) is 0 Å². The minimum atomic E-state index is -0.349. The van der Waals surface area contributed by atoms with E-state index in [9.17, 15) is 4.79 Å². The predicted molar refractivity (Wildman–Crippen MR) is 99.0 cm³/mol. The summed E-state index contributed by atoms with van der Waals surface area (Å²) < 4.78 is 0. The summed E-state index contributed by atoms with van der Waals surface area (Å²) in [4.78, 5) is 14.3. The lowest BCUT2D eigenvalue weighted by Crippen LogP contribution is -2.41. The second-order valence-electron chi connectivity index (χ2n) is 6.78. The number of piperidine rings is 1. The molecule has 0 radical (unpaired) electrons. The van der Waals surface area contributed by atoms with Gasteiger partial charge in [-0.1, -0.05) is 20.8 Å². The Balaban J connectivity index is 0. The van der Waals surface area contributed by atoms with E-state index in [1.54, 1.807) is 0 Å². The summed E-state index contributed by atoms with van der Waals surface area (Å²) in [6, 6.07) is -0.349. The van der Waals surface area contributed by atoms with Crippen LogP contribution >= 0.6 is 24.8 Å². The molecule has 1 fully saturated rings. The first kappa shape index (κ1) is 24.2. The minimum absolute atomic E-state index is 0. The van der Waals surface area contributed by atoms with Crippen molar-refractivity contribution in [2.75, 3.05) is 26.2 Å². The number of hydrogen-bond acceptors (Lipinski definition) is 3. The number of unbranched alkanes of at least 4 members (excludes halogenated alkanes) is 1. The van der Waals surface area contributed by atoms with Crippen LogP contribution in [0.1, 0.15) is 52.9 Å². The molecule has 1 unspecified atom stereocenters. The molecule has 3 N–H and O–H groups in total. The van der Waals surface area contributed by atoms with Gasteiger partial charge in [-0.15, -0.1) is 24.8 Å². The third-order valence-electron chi connectivity index (χ3n) is 4.00. The number of carbonyl (C=O) groups is 1. The molecule has 2 atom stereocenters. The molecule has 0 saturated carbocycles. The van der Waals surface area contributed by atoms with E-state index in [-0.39, 0.29) is 36.8 Å². The minimum Gasteiger partial charge on any atom is -0.355 e. The number of amides is 1. The van der Waals surface area contributed by atoms with Crippen LogP contribution in [0.5, 0.6) is 0 Å². The Bertz CT molecular complexity index is 291. The highest BCUT2D eigenvalue weighted by Crippen LogP contribution is 2.15. The van der Waals surface area contributed by atoms with Crippen LogP contribution in [0.2, 0.25) is 0 Å². The number of likely N-dealkylation sites (tertiary alicyclic amines) is 1. The van der Waals surface area contributed by atoms with Crippen LogP contribution in [-0.2, 0) is 4.79 Å². The van der Waals surface area contributed by atoms with Crippen molar-refractivity contribution in [1.29, 1.82) is 0 Å². The molecule has 1 aliphatic rings. The van der Waals surface area contributed by atoms with E-state index in [1.165, 1.54) is 25.9 Å². The molecule has 1 rings (SSSR count). The van der Waals surface area contributed by atoms with E-state index in [4.69, 9.17) is 5.73 Å². The lowest BCUT2D eigenvalue weighted by atomic mass is 10.0. The molecule has 6 heteroatoms. The molecule has 0 aromatic rings. The average molecular weight is 356 g/mol. The van der Waals surface area contributed by atoms with Crippen LogP contribution in [0.15, 0.2) is 0 Å². The van der Waals surface area contributed by atoms with Gasteiger partial charge in [0.15, 0.2) is 0 Å². The number of halogens is 2. The highest BCUT2D eigenvalue weighted by molar-refractivity contribution is 5.85. The summed E-state index contributed by atoms with van der Waals surface area (Å²) in [6.45, 7) is 10.9. The van der Waals surface area contributed by atoms with Gasteiger partial charge in [-0.25, -0.2) is 0 Å². The average Bonchev–Trinajstić information content (AvgIpc) is 2.37. The number of nitrogens with one attached hydrogen (secondary N) is 1. The molecule has 0 aliphatic carbocycles. The summed E-state index contributed by atoms with van der Waals surface area (Å²) in [5, 5.41) is 2.95. The van der Waals surface area contributed by atoms with E-state index in [1.807, 2.05) is 0 Å². The van der Waals surface area contributed by atoms with Crippen LogP contribution in [0.3, 0.4) is 0 Å². The van der Waals surface area contributed by atoms with Crippen molar-refractivity contribution in [3.05, 3.63) is 0 Å². The van der Waals surface area contributed by atoms with E-state index in [0.717, 1.165) is 38.3 Å². The van der Waals surface area contributed by atoms with Crippen LogP contribution in [-0.4, -0.2) is 43.0 Å². The highest BCUT2D eigenvalue weighted by atomic mass is 35.5. The first-order valence-corrected chi connectivity index (χ1v) is 8.24. The number of nitrogens with two attached hydrogens (primary N) is 1. The van der Waals surface area contributed by atoms with Gasteiger partial charge in [-0.05, 0) is 57.0 Å². The van der Waals surface area contributed by atoms with Crippen LogP contribution in [0.25, 0.3) is 0 Å². The van der Waals surface area contributed by atoms with Gasteiger partial charge in [-0.3, -0.25) is 4.79 Å². The largest absolute Gasteiger partial charge is 0.355 e. The monoisotopic (exact) mass is 355 g/mol. The molecule has 134 valence electrons. The van der Waals surface area contributed by atoms with Gasteiger partial charge in [0.05, 0.1) is 6.04 Å². The number of carbonyl (C=O) groups excluding carboxylic acids is 1. The third-order valence-corrected chi connectivity index (χ3v) is 4.00. The molecule has 1 saturated heterocycles. The Morgan fingerprint density at radius 3 is 2.59 bits per heavy atom. The standard InChI is InChI=1S/C16H33N3O.2ClH/c1-13(2)11-15(17)16(20)18-8-4-5-9-19-10-6-7-14(3)12-19;;/h13-15H,4-12,17H2,1-3H3,(H,18,20);2*1H/t14?,15-;;/m0../s1. The summed E-state index contributed by atoms with van der Waals surface area (Å²) in [7, 11) is 0. The van der Waals surface area contributed by atoms with E-state index >= 15 is 0 Å². The van der Waals surface area contributed by atoms with Crippen LogP contribution in [0.4, 0.5) is 0 Å². The van der Waals surface area contributed by atoms with E-state index in [2.05, 4.69) is 31.0 Å². The van der Waals surface area contributed by atoms with Crippen molar-refractivity contribution in [3.8, 4) is 0 Å². The normalized spacial score (nSPS) is 20.0. The maximum absolute atomic E-state index is 11.7. The molecular weight excluding hydrogens is 321 g/mol. The van der Waals surface area contributed by atoms with Crippen LogP contribution < -0.4 is 11.1 Å². The van der Waals surface area contributed by atoms with Crippen molar-refractivity contribution in [2.45, 2.75) is 58.9 Å². The van der Waals surface area contributed by atoms with Gasteiger partial charge in [0.2, 0.25) is 5.91 Å². The molecule has 0 aromatic carbocycles. The molecule has 1 aliphatic heterocycles. The van der Waals surface area contributed by atoms with Gasteiger partial charge in [0.1, 0.15) is 0 Å². The fourth-order valence-corrected chi connectivity index (χ4v) is 2.91. The first-order chi connectivity index (χ1) is 9.49. The molecule has 0 spiro atoms. The van der Waals surface area contributed by atoms with Gasteiger partial charge in [-0.2, -0.15) is 0 Å². The molecule has 4 nitrogen and oxygen atoms in total. The van der Waals surface area contributed by atoms with E-state index in [0.29, 0.717) is 5.92 Å². The Labute approximate surface area is 148 Å². The molecule has 1 amide bonds. The predicted octanol–water partition coefficient (Wildman–Crippen LogP) is 2.83. The second-order valence-corrected chi connectivity index (χ2v) is 6.78. The Kier molecular flexibility index (Phi) is 14.8. The fourth-order valence-electron chi connectivity index (χ4n) is 2.91.